The van der Waals surface area contributed by atoms with Crippen molar-refractivity contribution in [1.82, 2.24) is 9.13 Å². The molecular formula is C36H22N2S. The summed E-state index contributed by atoms with van der Waals surface area (Å²) in [5.74, 6) is 0. The molecule has 0 aliphatic carbocycles. The first-order valence-electron chi connectivity index (χ1n) is 13.3. The second-order valence-electron chi connectivity index (χ2n) is 10.1. The predicted molar refractivity (Wildman–Crippen MR) is 168 cm³/mol. The quantitative estimate of drug-likeness (QED) is 0.217. The van der Waals surface area contributed by atoms with Crippen molar-refractivity contribution < 1.29 is 0 Å². The lowest BCUT2D eigenvalue weighted by atomic mass is 10.1. The van der Waals surface area contributed by atoms with Crippen molar-refractivity contribution in [3.8, 4) is 11.4 Å². The third-order valence-corrected chi connectivity index (χ3v) is 9.24. The molecule has 9 aromatic rings. The monoisotopic (exact) mass is 514 g/mol. The highest BCUT2D eigenvalue weighted by Crippen LogP contribution is 2.44. The Balaban J connectivity index is 1.55. The summed E-state index contributed by atoms with van der Waals surface area (Å²) in [5.41, 5.74) is 7.36. The molecule has 39 heavy (non-hydrogen) atoms. The fourth-order valence-electron chi connectivity index (χ4n) is 6.56. The molecule has 0 spiro atoms. The number of hydrogen-bond donors (Lipinski definition) is 0. The van der Waals surface area contributed by atoms with E-state index in [0.29, 0.717) is 0 Å². The minimum atomic E-state index is 1.18. The Labute approximate surface area is 228 Å². The lowest BCUT2D eigenvalue weighted by molar-refractivity contribution is 1.18. The van der Waals surface area contributed by atoms with Crippen molar-refractivity contribution in [1.29, 1.82) is 0 Å². The van der Waals surface area contributed by atoms with Gasteiger partial charge in [0, 0.05) is 47.4 Å². The molecule has 0 saturated carbocycles. The molecular weight excluding hydrogens is 492 g/mol. The van der Waals surface area contributed by atoms with Crippen molar-refractivity contribution in [3.63, 3.8) is 0 Å². The summed E-state index contributed by atoms with van der Waals surface area (Å²) in [4.78, 5) is 0. The smallest absolute Gasteiger partial charge is 0.0641 e. The Morgan fingerprint density at radius 2 is 1.05 bits per heavy atom. The number of hydrogen-bond acceptors (Lipinski definition) is 1. The van der Waals surface area contributed by atoms with Crippen LogP contribution >= 0.6 is 11.3 Å². The third kappa shape index (κ3) is 2.80. The Kier molecular flexibility index (Phi) is 4.24. The van der Waals surface area contributed by atoms with E-state index in [1.165, 1.54) is 75.2 Å². The van der Waals surface area contributed by atoms with Gasteiger partial charge in [-0.25, -0.2) is 0 Å². The van der Waals surface area contributed by atoms with E-state index < -0.39 is 0 Å². The predicted octanol–water partition coefficient (Wildman–Crippen LogP) is 10.2. The first kappa shape index (κ1) is 21.1. The van der Waals surface area contributed by atoms with Gasteiger partial charge >= 0.3 is 0 Å². The van der Waals surface area contributed by atoms with Gasteiger partial charge in [0.15, 0.2) is 0 Å². The van der Waals surface area contributed by atoms with E-state index in [2.05, 4.69) is 143 Å². The zero-order valence-electron chi connectivity index (χ0n) is 21.0. The molecule has 0 fully saturated rings. The lowest BCUT2D eigenvalue weighted by Gasteiger charge is -2.12. The summed E-state index contributed by atoms with van der Waals surface area (Å²) in [6, 6.07) is 48.6. The normalized spacial score (nSPS) is 12.1. The maximum Gasteiger partial charge on any atom is 0.0641 e. The Morgan fingerprint density at radius 1 is 0.385 bits per heavy atom. The zero-order valence-corrected chi connectivity index (χ0v) is 21.8. The minimum absolute atomic E-state index is 1.18. The second kappa shape index (κ2) is 7.83. The largest absolute Gasteiger partial charge is 0.309 e. The second-order valence-corrected chi connectivity index (χ2v) is 11.2. The van der Waals surface area contributed by atoms with Crippen LogP contribution in [0.15, 0.2) is 133 Å². The molecule has 0 atom stereocenters. The number of para-hydroxylation sites is 3. The minimum Gasteiger partial charge on any atom is -0.309 e. The molecule has 9 rings (SSSR count). The molecule has 0 aliphatic heterocycles. The van der Waals surface area contributed by atoms with Crippen LogP contribution in [-0.4, -0.2) is 9.13 Å². The molecule has 0 saturated heterocycles. The van der Waals surface area contributed by atoms with Crippen LogP contribution < -0.4 is 0 Å². The standard InChI is InChI=1S/C36H22N2S/c1-2-11-23(12-3-1)37-29-17-8-5-14-26(29)35-31(37)22-21-25-24-13-4-7-16-28(24)38(36(25)35)30-18-10-20-33-34(30)27-15-6-9-19-32(27)39-33/h1-22H. The maximum absolute atomic E-state index is 2.52. The summed E-state index contributed by atoms with van der Waals surface area (Å²) in [5, 5.41) is 7.77. The number of thiophene rings is 1. The molecule has 3 heterocycles. The summed E-state index contributed by atoms with van der Waals surface area (Å²) in [7, 11) is 0. The van der Waals surface area contributed by atoms with Gasteiger partial charge < -0.3 is 9.13 Å². The highest BCUT2D eigenvalue weighted by Gasteiger charge is 2.22. The molecule has 2 nitrogen and oxygen atoms in total. The third-order valence-electron chi connectivity index (χ3n) is 8.11. The van der Waals surface area contributed by atoms with Gasteiger partial charge in [-0.3, -0.25) is 0 Å². The summed E-state index contributed by atoms with van der Waals surface area (Å²) >= 11 is 1.87. The molecule has 0 radical (unpaired) electrons. The Hall–Kier alpha value is -4.86. The van der Waals surface area contributed by atoms with Crippen molar-refractivity contribution >= 4 is 75.1 Å². The lowest BCUT2D eigenvalue weighted by Crippen LogP contribution is -1.96. The van der Waals surface area contributed by atoms with Crippen molar-refractivity contribution in [2.45, 2.75) is 0 Å². The summed E-state index contributed by atoms with van der Waals surface area (Å²) in [6.45, 7) is 0. The highest BCUT2D eigenvalue weighted by atomic mass is 32.1. The number of benzene rings is 6. The summed E-state index contributed by atoms with van der Waals surface area (Å²) < 4.78 is 7.58. The van der Waals surface area contributed by atoms with Crippen LogP contribution in [0.25, 0.3) is 75.2 Å². The van der Waals surface area contributed by atoms with E-state index in [4.69, 9.17) is 0 Å². The molecule has 0 unspecified atom stereocenters. The number of rotatable bonds is 2. The average molecular weight is 515 g/mol. The van der Waals surface area contributed by atoms with Gasteiger partial charge in [-0.2, -0.15) is 0 Å². The van der Waals surface area contributed by atoms with E-state index >= 15 is 0 Å². The van der Waals surface area contributed by atoms with E-state index in [1.54, 1.807) is 0 Å². The van der Waals surface area contributed by atoms with Crippen LogP contribution in [0.1, 0.15) is 0 Å². The summed E-state index contributed by atoms with van der Waals surface area (Å²) in [6.07, 6.45) is 0. The van der Waals surface area contributed by atoms with Gasteiger partial charge in [-0.05, 0) is 48.5 Å². The van der Waals surface area contributed by atoms with Gasteiger partial charge in [-0.1, -0.05) is 84.9 Å². The van der Waals surface area contributed by atoms with E-state index in [9.17, 15) is 0 Å². The molecule has 0 N–H and O–H groups in total. The molecule has 3 aromatic heterocycles. The van der Waals surface area contributed by atoms with E-state index in [1.807, 2.05) is 11.3 Å². The number of fused-ring (bicyclic) bond motifs is 10. The molecule has 0 aliphatic rings. The van der Waals surface area contributed by atoms with Crippen molar-refractivity contribution in [2.75, 3.05) is 0 Å². The highest BCUT2D eigenvalue weighted by molar-refractivity contribution is 7.25. The number of nitrogens with zero attached hydrogens (tertiary/aromatic N) is 2. The number of aromatic nitrogens is 2. The maximum atomic E-state index is 2.52. The van der Waals surface area contributed by atoms with Crippen LogP contribution in [0.2, 0.25) is 0 Å². The van der Waals surface area contributed by atoms with Crippen LogP contribution in [0.3, 0.4) is 0 Å². The van der Waals surface area contributed by atoms with Crippen molar-refractivity contribution in [2.24, 2.45) is 0 Å². The van der Waals surface area contributed by atoms with E-state index in [0.717, 1.165) is 0 Å². The van der Waals surface area contributed by atoms with Crippen molar-refractivity contribution in [3.05, 3.63) is 133 Å². The van der Waals surface area contributed by atoms with Gasteiger partial charge in [0.05, 0.1) is 27.8 Å². The molecule has 6 aromatic carbocycles. The molecule has 0 amide bonds. The van der Waals surface area contributed by atoms with Crippen LogP contribution in [0.5, 0.6) is 0 Å². The van der Waals surface area contributed by atoms with Crippen LogP contribution in [0, 0.1) is 0 Å². The van der Waals surface area contributed by atoms with Gasteiger partial charge in [0.1, 0.15) is 0 Å². The average Bonchev–Trinajstić information content (AvgIpc) is 3.65. The molecule has 3 heteroatoms. The van der Waals surface area contributed by atoms with Gasteiger partial charge in [0.2, 0.25) is 0 Å². The first-order chi connectivity index (χ1) is 19.4. The van der Waals surface area contributed by atoms with Gasteiger partial charge in [-0.15, -0.1) is 11.3 Å². The first-order valence-corrected chi connectivity index (χ1v) is 14.1. The van der Waals surface area contributed by atoms with E-state index in [-0.39, 0.29) is 0 Å². The molecule has 182 valence electrons. The SMILES string of the molecule is c1ccc(-n2c3ccccc3c3c2ccc2c4ccccc4n(-c4cccc5sc6ccccc6c45)c23)cc1. The van der Waals surface area contributed by atoms with Crippen LogP contribution in [-0.2, 0) is 0 Å². The Bertz CT molecular complexity index is 2390. The van der Waals surface area contributed by atoms with Crippen LogP contribution in [0.4, 0.5) is 0 Å². The van der Waals surface area contributed by atoms with Gasteiger partial charge in [0.25, 0.3) is 0 Å². The molecule has 0 bridgehead atoms. The topological polar surface area (TPSA) is 9.86 Å². The Morgan fingerprint density at radius 3 is 1.90 bits per heavy atom. The fraction of sp³-hybridized carbons (Fsp3) is 0. The zero-order chi connectivity index (χ0) is 25.5. The fourth-order valence-corrected chi connectivity index (χ4v) is 7.68.